The summed E-state index contributed by atoms with van der Waals surface area (Å²) in [7, 11) is 0. The zero-order valence-electron chi connectivity index (χ0n) is 29.9. The molecule has 4 saturated carbocycles. The van der Waals surface area contributed by atoms with E-state index in [-0.39, 0.29) is 35.7 Å². The van der Waals surface area contributed by atoms with Crippen LogP contribution in [0.25, 0.3) is 0 Å². The normalized spacial score (nSPS) is 29.6. The van der Waals surface area contributed by atoms with E-state index in [1.165, 1.54) is 0 Å². The van der Waals surface area contributed by atoms with Gasteiger partial charge in [0.2, 0.25) is 11.9 Å². The van der Waals surface area contributed by atoms with Crippen molar-refractivity contribution in [2.45, 2.75) is 81.5 Å². The zero-order chi connectivity index (χ0) is 37.2. The van der Waals surface area contributed by atoms with Gasteiger partial charge in [-0.25, -0.2) is 24.7 Å². The number of hydrogen-bond acceptors (Lipinski definition) is 10. The number of nitrogens with zero attached hydrogens (tertiary/aromatic N) is 6. The van der Waals surface area contributed by atoms with Gasteiger partial charge in [-0.05, 0) is 104 Å². The first-order valence-corrected chi connectivity index (χ1v) is 19.2. The number of nitrogens with one attached hydrogen (secondary N) is 1. The molecule has 1 atom stereocenters. The fourth-order valence-electron chi connectivity index (χ4n) is 10.7. The molecule has 7 aliphatic rings. The molecular weight excluding hydrogens is 703 g/mol. The number of rotatable bonds is 8. The van der Waals surface area contributed by atoms with E-state index in [1.807, 2.05) is 18.2 Å². The van der Waals surface area contributed by atoms with E-state index in [2.05, 4.69) is 30.2 Å². The smallest absolute Gasteiger partial charge is 0.434 e. The average Bonchev–Trinajstić information content (AvgIpc) is 3.55. The van der Waals surface area contributed by atoms with E-state index in [0.717, 1.165) is 57.0 Å². The molecule has 4 bridgehead atoms. The maximum Gasteiger partial charge on any atom is 0.434 e. The van der Waals surface area contributed by atoms with Crippen LogP contribution in [0.1, 0.15) is 85.3 Å². The molecule has 54 heavy (non-hydrogen) atoms. The lowest BCUT2D eigenvalue weighted by molar-refractivity contribution is -0.163. The summed E-state index contributed by atoms with van der Waals surface area (Å²) in [6, 6.07) is 7.49. The molecule has 286 valence electrons. The number of halogens is 3. The highest BCUT2D eigenvalue weighted by molar-refractivity contribution is 5.99. The lowest BCUT2D eigenvalue weighted by Gasteiger charge is -2.59. The predicted octanol–water partition coefficient (Wildman–Crippen LogP) is 6.00. The molecular formula is C39H44F3N7O5. The van der Waals surface area contributed by atoms with Crippen molar-refractivity contribution < 1.29 is 37.3 Å². The van der Waals surface area contributed by atoms with Crippen molar-refractivity contribution in [2.24, 2.45) is 29.6 Å². The topological polar surface area (TPSA) is 143 Å². The van der Waals surface area contributed by atoms with Crippen molar-refractivity contribution in [2.75, 3.05) is 42.6 Å². The van der Waals surface area contributed by atoms with Crippen molar-refractivity contribution in [3.63, 3.8) is 0 Å². The lowest BCUT2D eigenvalue weighted by Crippen LogP contribution is -2.70. The van der Waals surface area contributed by atoms with Gasteiger partial charge in [0.1, 0.15) is 17.4 Å². The molecule has 1 unspecified atom stereocenters. The average molecular weight is 748 g/mol. The summed E-state index contributed by atoms with van der Waals surface area (Å²) in [5.74, 6) is -0.700. The lowest BCUT2D eigenvalue weighted by atomic mass is 9.48. The van der Waals surface area contributed by atoms with Crippen LogP contribution in [0.15, 0.2) is 42.9 Å². The number of amides is 1. The SMILES string of the molecule is O=C(NC1(C(=O)O)C2CC3CC(C2)CC1C3)c1cnc(N2CC(C3CCOCC3)c3cc(OC4CCN(c5ncccn5)CC4)ccc32)nc1C(F)(F)F. The summed E-state index contributed by atoms with van der Waals surface area (Å²) >= 11 is 0. The summed E-state index contributed by atoms with van der Waals surface area (Å²) in [5, 5.41) is 13.1. The molecule has 12 nitrogen and oxygen atoms in total. The van der Waals surface area contributed by atoms with Crippen molar-refractivity contribution in [1.82, 2.24) is 25.3 Å². The van der Waals surface area contributed by atoms with Gasteiger partial charge in [-0.2, -0.15) is 13.2 Å². The molecule has 3 aromatic rings. The zero-order valence-corrected chi connectivity index (χ0v) is 29.9. The Bertz CT molecular complexity index is 1870. The van der Waals surface area contributed by atoms with Crippen LogP contribution >= 0.6 is 0 Å². The molecule has 10 rings (SSSR count). The van der Waals surface area contributed by atoms with Crippen LogP contribution in [0.4, 0.5) is 30.8 Å². The highest BCUT2D eigenvalue weighted by atomic mass is 19.4. The molecule has 2 saturated heterocycles. The summed E-state index contributed by atoms with van der Waals surface area (Å²) in [6.45, 7) is 3.08. The number of ether oxygens (including phenoxy) is 2. The second-order valence-corrected chi connectivity index (χ2v) is 16.1. The van der Waals surface area contributed by atoms with E-state index in [4.69, 9.17) is 9.47 Å². The first kappa shape index (κ1) is 35.2. The number of hydrogen-bond donors (Lipinski definition) is 2. The van der Waals surface area contributed by atoms with Gasteiger partial charge < -0.3 is 29.7 Å². The summed E-state index contributed by atoms with van der Waals surface area (Å²) in [5.41, 5.74) is -2.10. The van der Waals surface area contributed by atoms with Crippen LogP contribution in [0, 0.1) is 29.6 Å². The number of carboxylic acids is 1. The molecule has 1 amide bonds. The molecule has 2 aromatic heterocycles. The van der Waals surface area contributed by atoms with Gasteiger partial charge in [-0.3, -0.25) is 4.79 Å². The van der Waals surface area contributed by atoms with Crippen LogP contribution < -0.4 is 19.9 Å². The predicted molar refractivity (Wildman–Crippen MR) is 190 cm³/mol. The number of carbonyl (C=O) groups is 2. The van der Waals surface area contributed by atoms with Crippen LogP contribution in [0.3, 0.4) is 0 Å². The summed E-state index contributed by atoms with van der Waals surface area (Å²) in [4.78, 5) is 47.6. The molecule has 5 heterocycles. The Hall–Kier alpha value is -4.53. The molecule has 6 fully saturated rings. The third-order valence-corrected chi connectivity index (χ3v) is 13.1. The first-order valence-electron chi connectivity index (χ1n) is 19.2. The van der Waals surface area contributed by atoms with Gasteiger partial charge >= 0.3 is 12.1 Å². The number of aromatic nitrogens is 4. The second-order valence-electron chi connectivity index (χ2n) is 16.1. The fourth-order valence-corrected chi connectivity index (χ4v) is 10.7. The minimum Gasteiger partial charge on any atom is -0.490 e. The number of piperidine rings is 1. The minimum atomic E-state index is -4.99. The third kappa shape index (κ3) is 6.21. The second kappa shape index (κ2) is 13.6. The molecule has 1 aromatic carbocycles. The quantitative estimate of drug-likeness (QED) is 0.280. The van der Waals surface area contributed by atoms with E-state index in [0.29, 0.717) is 74.7 Å². The molecule has 15 heteroatoms. The molecule has 0 radical (unpaired) electrons. The van der Waals surface area contributed by atoms with Gasteiger partial charge in [-0.1, -0.05) is 0 Å². The van der Waals surface area contributed by atoms with Crippen LogP contribution in [0.2, 0.25) is 0 Å². The number of alkyl halides is 3. The number of aliphatic carboxylic acids is 1. The van der Waals surface area contributed by atoms with Crippen LogP contribution in [-0.4, -0.2) is 81.4 Å². The Morgan fingerprint density at radius 2 is 1.61 bits per heavy atom. The number of benzene rings is 1. The molecule has 4 aliphatic carbocycles. The Morgan fingerprint density at radius 1 is 0.926 bits per heavy atom. The summed E-state index contributed by atoms with van der Waals surface area (Å²) in [6.07, 6.45) is 6.22. The monoisotopic (exact) mass is 747 g/mol. The highest BCUT2D eigenvalue weighted by Gasteiger charge is 2.62. The number of fused-ring (bicyclic) bond motifs is 1. The maximum atomic E-state index is 14.8. The van der Waals surface area contributed by atoms with Gasteiger partial charge in [0, 0.05) is 75.9 Å². The summed E-state index contributed by atoms with van der Waals surface area (Å²) < 4.78 is 56.6. The minimum absolute atomic E-state index is 0.0162. The number of carbonyl (C=O) groups excluding carboxylic acids is 1. The van der Waals surface area contributed by atoms with Gasteiger partial charge in [-0.15, -0.1) is 0 Å². The Kier molecular flexibility index (Phi) is 8.89. The third-order valence-electron chi connectivity index (χ3n) is 13.1. The fraction of sp³-hybridized carbons (Fsp3) is 0.590. The van der Waals surface area contributed by atoms with Crippen molar-refractivity contribution >= 4 is 29.5 Å². The Morgan fingerprint density at radius 3 is 2.26 bits per heavy atom. The maximum absolute atomic E-state index is 14.8. The first-order chi connectivity index (χ1) is 26.1. The van der Waals surface area contributed by atoms with Crippen molar-refractivity contribution in [3.8, 4) is 5.75 Å². The Balaban J connectivity index is 0.985. The number of carboxylic acid groups (broad SMARTS) is 1. The van der Waals surface area contributed by atoms with E-state index in [1.54, 1.807) is 23.4 Å². The van der Waals surface area contributed by atoms with Gasteiger partial charge in [0.15, 0.2) is 5.69 Å². The standard InChI is InChI=1S/C39H44F3N7O5/c40-39(41,42)33-30(34(50)47-38(35(51)52)25-15-22-14-23(17-25)18-26(38)16-22)20-45-37(46-33)49-21-31(24-6-12-53-13-7-24)29-19-28(2-3-32(29)49)54-27-4-10-48(11-5-27)36-43-8-1-9-44-36/h1-3,8-9,19-20,22-27,31H,4-7,10-18,21H2,(H,47,50)(H,51,52). The molecule has 3 aliphatic heterocycles. The van der Waals surface area contributed by atoms with E-state index < -0.39 is 34.8 Å². The van der Waals surface area contributed by atoms with Gasteiger partial charge in [0.05, 0.1) is 5.56 Å². The molecule has 0 spiro atoms. The largest absolute Gasteiger partial charge is 0.490 e. The number of anilines is 3. The van der Waals surface area contributed by atoms with Gasteiger partial charge in [0.25, 0.3) is 5.91 Å². The van der Waals surface area contributed by atoms with Crippen LogP contribution in [0.5, 0.6) is 5.75 Å². The van der Waals surface area contributed by atoms with Crippen molar-refractivity contribution in [1.29, 1.82) is 0 Å². The molecule has 2 N–H and O–H groups in total. The van der Waals surface area contributed by atoms with Crippen molar-refractivity contribution in [3.05, 3.63) is 59.7 Å². The van der Waals surface area contributed by atoms with Crippen LogP contribution in [-0.2, 0) is 15.7 Å². The van der Waals surface area contributed by atoms with E-state index in [9.17, 15) is 27.9 Å². The van der Waals surface area contributed by atoms with E-state index >= 15 is 0 Å². The highest BCUT2D eigenvalue weighted by Crippen LogP contribution is 2.58. The Labute approximate surface area is 310 Å².